The zero-order valence-corrected chi connectivity index (χ0v) is 22.8. The molecular weight excluding hydrogens is 626 g/mol. The third kappa shape index (κ3) is 7.47. The summed E-state index contributed by atoms with van der Waals surface area (Å²) in [6.07, 6.45) is -9.27. The van der Waals surface area contributed by atoms with Gasteiger partial charge >= 0.3 is 18.3 Å². The highest BCUT2D eigenvalue weighted by Crippen LogP contribution is 2.37. The summed E-state index contributed by atoms with van der Waals surface area (Å²) in [5.41, 5.74) is -4.43. The zero-order chi connectivity index (χ0) is 31.7. The standard InChI is InChI=1S/C26H16F6N4O5S2/c27-25(28,29)19-8-12(9-20(35-19)26(30,31)32)16-3-1-2-13(33-16)11-18-22(39)36(24(42)43-18)7-6-21(38)34-14-4-5-15(23(40)41)17(37)10-14/h1-5,8-11,37H,6-7H2,(H,34,38)(H,40,41)/b18-11-. The molecule has 2 aromatic heterocycles. The van der Waals surface area contributed by atoms with E-state index in [0.717, 1.165) is 28.8 Å². The number of aromatic carboxylic acids is 1. The highest BCUT2D eigenvalue weighted by Gasteiger charge is 2.39. The maximum Gasteiger partial charge on any atom is 0.433 e. The van der Waals surface area contributed by atoms with Gasteiger partial charge in [0.1, 0.15) is 27.0 Å². The lowest BCUT2D eigenvalue weighted by Crippen LogP contribution is -2.31. The number of pyridine rings is 2. The van der Waals surface area contributed by atoms with E-state index < -0.39 is 52.8 Å². The van der Waals surface area contributed by atoms with Gasteiger partial charge in [-0.05, 0) is 42.5 Å². The number of carboxylic acids is 1. The number of anilines is 1. The average molecular weight is 643 g/mol. The number of carbonyl (C=O) groups is 3. The molecule has 0 radical (unpaired) electrons. The van der Waals surface area contributed by atoms with Gasteiger partial charge < -0.3 is 15.5 Å². The van der Waals surface area contributed by atoms with E-state index in [4.69, 9.17) is 17.3 Å². The number of aromatic nitrogens is 2. The van der Waals surface area contributed by atoms with Crippen molar-refractivity contribution in [2.75, 3.05) is 11.9 Å². The maximum atomic E-state index is 13.2. The Morgan fingerprint density at radius 3 is 2.23 bits per heavy atom. The Bertz CT molecular complexity index is 1640. The van der Waals surface area contributed by atoms with Crippen molar-refractivity contribution in [1.82, 2.24) is 14.9 Å². The lowest BCUT2D eigenvalue weighted by molar-refractivity contribution is -0.150. The molecule has 0 unspecified atom stereocenters. The highest BCUT2D eigenvalue weighted by atomic mass is 32.2. The van der Waals surface area contributed by atoms with Gasteiger partial charge in [0.25, 0.3) is 5.91 Å². The number of phenols is 1. The molecular formula is C26H16F6N4O5S2. The molecule has 224 valence electrons. The van der Waals surface area contributed by atoms with Crippen molar-refractivity contribution < 1.29 is 50.9 Å². The molecule has 3 N–H and O–H groups in total. The van der Waals surface area contributed by atoms with E-state index >= 15 is 0 Å². The number of aromatic hydroxyl groups is 1. The van der Waals surface area contributed by atoms with Crippen molar-refractivity contribution in [2.45, 2.75) is 18.8 Å². The second-order valence-electron chi connectivity index (χ2n) is 8.74. The molecule has 4 rings (SSSR count). The second-order valence-corrected chi connectivity index (χ2v) is 10.4. The van der Waals surface area contributed by atoms with Crippen LogP contribution in [0.15, 0.2) is 53.4 Å². The molecule has 3 heterocycles. The molecule has 1 aliphatic rings. The van der Waals surface area contributed by atoms with Crippen LogP contribution in [0.2, 0.25) is 0 Å². The van der Waals surface area contributed by atoms with Gasteiger partial charge in [0.2, 0.25) is 5.91 Å². The summed E-state index contributed by atoms with van der Waals surface area (Å²) in [5.74, 6) is -3.11. The van der Waals surface area contributed by atoms with Crippen LogP contribution in [0, 0.1) is 0 Å². The molecule has 0 bridgehead atoms. The molecule has 2 amide bonds. The number of carboxylic acid groups (broad SMARTS) is 1. The number of benzene rings is 1. The fourth-order valence-electron chi connectivity index (χ4n) is 3.72. The molecule has 1 aromatic carbocycles. The maximum absolute atomic E-state index is 13.2. The summed E-state index contributed by atoms with van der Waals surface area (Å²) < 4.78 is 79.4. The van der Waals surface area contributed by atoms with E-state index in [2.05, 4.69) is 15.3 Å². The monoisotopic (exact) mass is 642 g/mol. The molecule has 0 saturated carbocycles. The quantitative estimate of drug-likeness (QED) is 0.166. The van der Waals surface area contributed by atoms with Crippen molar-refractivity contribution in [3.63, 3.8) is 0 Å². The number of thioether (sulfide) groups is 1. The van der Waals surface area contributed by atoms with Crippen molar-refractivity contribution in [1.29, 1.82) is 0 Å². The van der Waals surface area contributed by atoms with Crippen LogP contribution >= 0.6 is 24.0 Å². The SMILES string of the molecule is O=C(CCN1C(=O)/C(=C/c2cccc(-c3cc(C(F)(F)F)nc(C(F)(F)F)c3)n2)SC1=S)Nc1ccc(C(=O)O)c(O)c1. The number of rotatable bonds is 7. The molecule has 1 fully saturated rings. The number of carbonyl (C=O) groups excluding carboxylic acids is 2. The van der Waals surface area contributed by atoms with Gasteiger partial charge in [0.15, 0.2) is 0 Å². The first kappa shape index (κ1) is 31.4. The van der Waals surface area contributed by atoms with Crippen LogP contribution in [0.25, 0.3) is 17.3 Å². The van der Waals surface area contributed by atoms with Crippen molar-refractivity contribution in [3.8, 4) is 17.0 Å². The van der Waals surface area contributed by atoms with Crippen LogP contribution in [-0.2, 0) is 21.9 Å². The van der Waals surface area contributed by atoms with E-state index in [1.807, 2.05) is 0 Å². The Morgan fingerprint density at radius 2 is 1.65 bits per heavy atom. The Hall–Kier alpha value is -4.51. The topological polar surface area (TPSA) is 133 Å². The van der Waals surface area contributed by atoms with Gasteiger partial charge in [-0.1, -0.05) is 30.0 Å². The smallest absolute Gasteiger partial charge is 0.433 e. The number of amides is 2. The Labute approximate surface area is 247 Å². The van der Waals surface area contributed by atoms with Crippen LogP contribution in [0.1, 0.15) is 33.9 Å². The van der Waals surface area contributed by atoms with Crippen LogP contribution in [0.3, 0.4) is 0 Å². The van der Waals surface area contributed by atoms with Gasteiger partial charge in [-0.3, -0.25) is 14.5 Å². The number of halogens is 6. The van der Waals surface area contributed by atoms with Crippen LogP contribution in [0.5, 0.6) is 5.75 Å². The van der Waals surface area contributed by atoms with Gasteiger partial charge in [-0.15, -0.1) is 0 Å². The minimum absolute atomic E-state index is 0.0410. The van der Waals surface area contributed by atoms with E-state index in [0.29, 0.717) is 12.1 Å². The number of nitrogens with one attached hydrogen (secondary N) is 1. The Morgan fingerprint density at radius 1 is 1.00 bits per heavy atom. The van der Waals surface area contributed by atoms with Crippen molar-refractivity contribution in [2.24, 2.45) is 0 Å². The van der Waals surface area contributed by atoms with Gasteiger partial charge in [0.05, 0.1) is 16.3 Å². The molecule has 43 heavy (non-hydrogen) atoms. The summed E-state index contributed by atoms with van der Waals surface area (Å²) in [6, 6.07) is 8.20. The fraction of sp³-hybridized carbons (Fsp3) is 0.154. The minimum Gasteiger partial charge on any atom is -0.507 e. The van der Waals surface area contributed by atoms with Crippen molar-refractivity contribution >= 4 is 57.8 Å². The van der Waals surface area contributed by atoms with Gasteiger partial charge in [-0.25, -0.2) is 14.8 Å². The number of thiocarbonyl (C=S) groups is 1. The lowest BCUT2D eigenvalue weighted by Gasteiger charge is -2.14. The van der Waals surface area contributed by atoms with Crippen LogP contribution in [-0.4, -0.2) is 53.7 Å². The largest absolute Gasteiger partial charge is 0.507 e. The molecule has 1 aliphatic heterocycles. The Kier molecular flexibility index (Phi) is 8.77. The summed E-state index contributed by atoms with van der Waals surface area (Å²) in [7, 11) is 0. The van der Waals surface area contributed by atoms with E-state index in [1.54, 1.807) is 0 Å². The predicted molar refractivity (Wildman–Crippen MR) is 146 cm³/mol. The number of hydrogen-bond donors (Lipinski definition) is 3. The van der Waals surface area contributed by atoms with Crippen molar-refractivity contribution in [3.05, 3.63) is 76.1 Å². The predicted octanol–water partition coefficient (Wildman–Crippen LogP) is 5.82. The average Bonchev–Trinajstić information content (AvgIpc) is 3.17. The van der Waals surface area contributed by atoms with Crippen LogP contribution < -0.4 is 5.32 Å². The summed E-state index contributed by atoms with van der Waals surface area (Å²) in [6.45, 7) is -0.155. The van der Waals surface area contributed by atoms with Gasteiger partial charge in [-0.2, -0.15) is 26.3 Å². The number of hydrogen-bond acceptors (Lipinski definition) is 8. The summed E-state index contributed by atoms with van der Waals surface area (Å²) in [4.78, 5) is 44.2. The molecule has 1 saturated heterocycles. The Balaban J connectivity index is 1.49. The van der Waals surface area contributed by atoms with E-state index in [9.17, 15) is 45.8 Å². The van der Waals surface area contributed by atoms with Crippen LogP contribution in [0.4, 0.5) is 32.0 Å². The fourth-order valence-corrected chi connectivity index (χ4v) is 5.01. The first-order chi connectivity index (χ1) is 20.0. The molecule has 0 spiro atoms. The highest BCUT2D eigenvalue weighted by molar-refractivity contribution is 8.26. The van der Waals surface area contributed by atoms with E-state index in [1.165, 1.54) is 30.3 Å². The number of nitrogens with zero attached hydrogens (tertiary/aromatic N) is 3. The third-order valence-corrected chi connectivity index (χ3v) is 7.08. The molecule has 9 nitrogen and oxygen atoms in total. The molecule has 3 aromatic rings. The lowest BCUT2D eigenvalue weighted by atomic mass is 10.1. The molecule has 0 aliphatic carbocycles. The minimum atomic E-state index is -5.15. The van der Waals surface area contributed by atoms with Gasteiger partial charge in [0, 0.05) is 30.3 Å². The first-order valence-corrected chi connectivity index (χ1v) is 13.0. The summed E-state index contributed by atoms with van der Waals surface area (Å²) >= 11 is 6.07. The normalized spacial score (nSPS) is 14.8. The first-order valence-electron chi connectivity index (χ1n) is 11.8. The summed E-state index contributed by atoms with van der Waals surface area (Å²) in [5, 5.41) is 21.2. The van der Waals surface area contributed by atoms with E-state index in [-0.39, 0.29) is 44.8 Å². The molecule has 0 atom stereocenters. The molecule has 17 heteroatoms. The third-order valence-electron chi connectivity index (χ3n) is 5.70. The number of alkyl halides is 6. The second kappa shape index (κ2) is 12.0. The zero-order valence-electron chi connectivity index (χ0n) is 21.2.